The molecule has 2 fully saturated rings. The van der Waals surface area contributed by atoms with Crippen molar-refractivity contribution in [3.05, 3.63) is 35.4 Å². The Morgan fingerprint density at radius 2 is 2.00 bits per heavy atom. The molecule has 19 heavy (non-hydrogen) atoms. The van der Waals surface area contributed by atoms with Crippen LogP contribution in [0.15, 0.2) is 24.3 Å². The van der Waals surface area contributed by atoms with Crippen LogP contribution < -0.4 is 5.32 Å². The van der Waals surface area contributed by atoms with Crippen molar-refractivity contribution < 1.29 is 4.79 Å². The number of carbonyl (C=O) groups excluding carboxylic acids is 1. The summed E-state index contributed by atoms with van der Waals surface area (Å²) in [6, 6.07) is 9.63. The summed E-state index contributed by atoms with van der Waals surface area (Å²) in [6.07, 6.45) is 4.12. The van der Waals surface area contributed by atoms with Crippen LogP contribution in [0, 0.1) is 5.92 Å². The van der Waals surface area contributed by atoms with Gasteiger partial charge in [-0.2, -0.15) is 0 Å². The molecule has 0 spiro atoms. The fraction of sp³-hybridized carbons (Fsp3) is 0.588. The molecule has 2 saturated heterocycles. The molecule has 0 saturated carbocycles. The summed E-state index contributed by atoms with van der Waals surface area (Å²) in [7, 11) is 0. The first-order chi connectivity index (χ1) is 9.13. The highest BCUT2D eigenvalue weighted by Gasteiger charge is 2.42. The second kappa shape index (κ2) is 5.09. The van der Waals surface area contributed by atoms with Gasteiger partial charge in [-0.1, -0.05) is 38.1 Å². The molecule has 0 amide bonds. The normalized spacial score (nSPS) is 29.1. The van der Waals surface area contributed by atoms with E-state index < -0.39 is 0 Å². The van der Waals surface area contributed by atoms with Gasteiger partial charge in [0, 0.05) is 24.4 Å². The molecule has 0 radical (unpaired) electrons. The van der Waals surface area contributed by atoms with Crippen molar-refractivity contribution in [1.29, 1.82) is 0 Å². The van der Waals surface area contributed by atoms with Crippen LogP contribution in [0.25, 0.3) is 0 Å². The lowest BCUT2D eigenvalue weighted by Crippen LogP contribution is -2.29. The topological polar surface area (TPSA) is 29.1 Å². The lowest BCUT2D eigenvalue weighted by Gasteiger charge is -2.18. The molecule has 1 aromatic rings. The molecule has 1 N–H and O–H groups in total. The van der Waals surface area contributed by atoms with Gasteiger partial charge >= 0.3 is 0 Å². The maximum Gasteiger partial charge on any atom is 0.141 e. The number of hydrogen-bond acceptors (Lipinski definition) is 2. The van der Waals surface area contributed by atoms with Gasteiger partial charge in [-0.05, 0) is 36.3 Å². The van der Waals surface area contributed by atoms with Crippen LogP contribution in [0.3, 0.4) is 0 Å². The summed E-state index contributed by atoms with van der Waals surface area (Å²) < 4.78 is 0. The van der Waals surface area contributed by atoms with Crippen molar-refractivity contribution >= 4 is 5.78 Å². The van der Waals surface area contributed by atoms with E-state index in [1.807, 2.05) is 0 Å². The Morgan fingerprint density at radius 1 is 1.26 bits per heavy atom. The summed E-state index contributed by atoms with van der Waals surface area (Å²) in [6.45, 7) is 4.39. The molecule has 3 atom stereocenters. The summed E-state index contributed by atoms with van der Waals surface area (Å²) in [5.41, 5.74) is 2.51. The van der Waals surface area contributed by atoms with E-state index in [-0.39, 0.29) is 5.92 Å². The van der Waals surface area contributed by atoms with E-state index in [9.17, 15) is 4.79 Å². The van der Waals surface area contributed by atoms with E-state index in [1.165, 1.54) is 18.4 Å². The van der Waals surface area contributed by atoms with Crippen LogP contribution in [-0.2, 0) is 11.2 Å². The molecule has 102 valence electrons. The first-order valence-electron chi connectivity index (χ1n) is 7.51. The van der Waals surface area contributed by atoms with Crippen molar-refractivity contribution in [2.45, 2.75) is 57.5 Å². The highest BCUT2D eigenvalue weighted by Crippen LogP contribution is 2.34. The van der Waals surface area contributed by atoms with E-state index in [0.717, 1.165) is 12.0 Å². The highest BCUT2D eigenvalue weighted by molar-refractivity contribution is 5.84. The second-order valence-electron chi connectivity index (χ2n) is 6.43. The predicted molar refractivity (Wildman–Crippen MR) is 77.3 cm³/mol. The Hall–Kier alpha value is -1.15. The van der Waals surface area contributed by atoms with Gasteiger partial charge in [0.25, 0.3) is 0 Å². The molecule has 3 rings (SSSR count). The standard InChI is InChI=1S/C17H23NO/c1-11(2)13-5-3-12(4-6-13)9-17(19)15-10-14-7-8-16(15)18-14/h3-6,11,14-16,18H,7-10H2,1-2H3. The number of nitrogens with one attached hydrogen (secondary N) is 1. The van der Waals surface area contributed by atoms with Gasteiger partial charge in [-0.3, -0.25) is 4.79 Å². The van der Waals surface area contributed by atoms with Gasteiger partial charge in [0.1, 0.15) is 5.78 Å². The lowest BCUT2D eigenvalue weighted by molar-refractivity contribution is -0.122. The molecule has 2 bridgehead atoms. The smallest absolute Gasteiger partial charge is 0.141 e. The maximum atomic E-state index is 12.4. The Labute approximate surface area is 115 Å². The quantitative estimate of drug-likeness (QED) is 0.898. The fourth-order valence-corrected chi connectivity index (χ4v) is 3.53. The van der Waals surface area contributed by atoms with E-state index >= 15 is 0 Å². The summed E-state index contributed by atoms with van der Waals surface area (Å²) in [5, 5.41) is 3.55. The number of rotatable bonds is 4. The van der Waals surface area contributed by atoms with Gasteiger partial charge in [0.2, 0.25) is 0 Å². The number of benzene rings is 1. The zero-order valence-electron chi connectivity index (χ0n) is 11.9. The van der Waals surface area contributed by atoms with Crippen LogP contribution in [0.2, 0.25) is 0 Å². The summed E-state index contributed by atoms with van der Waals surface area (Å²) in [4.78, 5) is 12.4. The molecular formula is C17H23NO. The van der Waals surface area contributed by atoms with Crippen molar-refractivity contribution in [1.82, 2.24) is 5.32 Å². The molecule has 2 heteroatoms. The minimum Gasteiger partial charge on any atom is -0.310 e. The molecular weight excluding hydrogens is 234 g/mol. The Kier molecular flexibility index (Phi) is 3.44. The number of fused-ring (bicyclic) bond motifs is 2. The molecule has 2 nitrogen and oxygen atoms in total. The number of ketones is 1. The average molecular weight is 257 g/mol. The van der Waals surface area contributed by atoms with Gasteiger partial charge in [-0.15, -0.1) is 0 Å². The highest BCUT2D eigenvalue weighted by atomic mass is 16.1. The fourth-order valence-electron chi connectivity index (χ4n) is 3.53. The third-order valence-corrected chi connectivity index (χ3v) is 4.74. The number of carbonyl (C=O) groups is 1. The molecule has 1 aromatic carbocycles. The second-order valence-corrected chi connectivity index (χ2v) is 6.43. The predicted octanol–water partition coefficient (Wildman–Crippen LogP) is 3.06. The average Bonchev–Trinajstić information content (AvgIpc) is 3.01. The van der Waals surface area contributed by atoms with E-state index in [0.29, 0.717) is 30.2 Å². The van der Waals surface area contributed by atoms with Gasteiger partial charge in [-0.25, -0.2) is 0 Å². The van der Waals surface area contributed by atoms with Gasteiger partial charge in [0.15, 0.2) is 0 Å². The van der Waals surface area contributed by atoms with E-state index in [1.54, 1.807) is 0 Å². The third-order valence-electron chi connectivity index (χ3n) is 4.74. The third kappa shape index (κ3) is 2.59. The van der Waals surface area contributed by atoms with Crippen molar-refractivity contribution in [2.75, 3.05) is 0 Å². The largest absolute Gasteiger partial charge is 0.310 e. The first kappa shape index (κ1) is 12.9. The molecule has 0 aromatic heterocycles. The molecule has 2 aliphatic rings. The van der Waals surface area contributed by atoms with Crippen LogP contribution in [-0.4, -0.2) is 17.9 Å². The van der Waals surface area contributed by atoms with Crippen molar-refractivity contribution in [3.63, 3.8) is 0 Å². The van der Waals surface area contributed by atoms with Crippen LogP contribution in [0.1, 0.15) is 50.2 Å². The SMILES string of the molecule is CC(C)c1ccc(CC(=O)C2CC3CCC2N3)cc1. The van der Waals surface area contributed by atoms with Crippen molar-refractivity contribution in [3.8, 4) is 0 Å². The molecule has 2 aliphatic heterocycles. The minimum atomic E-state index is 0.267. The Balaban J connectivity index is 1.63. The molecule has 3 unspecified atom stereocenters. The number of hydrogen-bond donors (Lipinski definition) is 1. The zero-order valence-corrected chi connectivity index (χ0v) is 11.9. The van der Waals surface area contributed by atoms with Gasteiger partial charge in [0.05, 0.1) is 0 Å². The molecule has 2 heterocycles. The van der Waals surface area contributed by atoms with Crippen molar-refractivity contribution in [2.24, 2.45) is 5.92 Å². The number of Topliss-reactive ketones (excluding diaryl/α,β-unsaturated/α-hetero) is 1. The minimum absolute atomic E-state index is 0.267. The Bertz CT molecular complexity index is 463. The van der Waals surface area contributed by atoms with E-state index in [4.69, 9.17) is 0 Å². The van der Waals surface area contributed by atoms with Crippen LogP contribution in [0.5, 0.6) is 0 Å². The zero-order chi connectivity index (χ0) is 13.4. The maximum absolute atomic E-state index is 12.4. The lowest BCUT2D eigenvalue weighted by atomic mass is 9.84. The molecule has 0 aliphatic carbocycles. The monoisotopic (exact) mass is 257 g/mol. The van der Waals surface area contributed by atoms with Gasteiger partial charge < -0.3 is 5.32 Å². The summed E-state index contributed by atoms with van der Waals surface area (Å²) in [5.74, 6) is 1.25. The first-order valence-corrected chi connectivity index (χ1v) is 7.51. The van der Waals surface area contributed by atoms with Crippen LogP contribution in [0.4, 0.5) is 0 Å². The summed E-state index contributed by atoms with van der Waals surface area (Å²) >= 11 is 0. The van der Waals surface area contributed by atoms with E-state index in [2.05, 4.69) is 43.4 Å². The van der Waals surface area contributed by atoms with Crippen LogP contribution >= 0.6 is 0 Å². The Morgan fingerprint density at radius 3 is 2.53 bits per heavy atom.